The zero-order chi connectivity index (χ0) is 10.8. The number of benzene rings is 1. The molecule has 0 saturated heterocycles. The monoisotopic (exact) mass is 203 g/mol. The molecular weight excluding hydrogens is 190 g/mol. The van der Waals surface area contributed by atoms with Crippen LogP contribution in [0.4, 0.5) is 0 Å². The van der Waals surface area contributed by atoms with Gasteiger partial charge in [-0.05, 0) is 25.6 Å². The lowest BCUT2D eigenvalue weighted by Gasteiger charge is -1.96. The van der Waals surface area contributed by atoms with Gasteiger partial charge in [0.15, 0.2) is 5.78 Å². The van der Waals surface area contributed by atoms with E-state index in [-0.39, 0.29) is 5.78 Å². The SMILES string of the molecule is Cc1ccc2[nH]nc(C(=O)CCN)c2c1. The van der Waals surface area contributed by atoms with E-state index in [0.717, 1.165) is 16.5 Å². The number of nitrogens with two attached hydrogens (primary N) is 1. The molecule has 0 saturated carbocycles. The first-order chi connectivity index (χ1) is 7.22. The summed E-state index contributed by atoms with van der Waals surface area (Å²) < 4.78 is 0. The summed E-state index contributed by atoms with van der Waals surface area (Å²) in [7, 11) is 0. The lowest BCUT2D eigenvalue weighted by molar-refractivity contribution is 0.0982. The number of carbonyl (C=O) groups is 1. The normalized spacial score (nSPS) is 10.8. The van der Waals surface area contributed by atoms with Crippen molar-refractivity contribution in [2.45, 2.75) is 13.3 Å². The molecule has 1 heterocycles. The maximum atomic E-state index is 11.7. The number of hydrogen-bond donors (Lipinski definition) is 2. The van der Waals surface area contributed by atoms with Gasteiger partial charge in [0, 0.05) is 11.8 Å². The van der Waals surface area contributed by atoms with E-state index in [4.69, 9.17) is 5.73 Å². The van der Waals surface area contributed by atoms with E-state index in [2.05, 4.69) is 10.2 Å². The van der Waals surface area contributed by atoms with Crippen LogP contribution in [0, 0.1) is 6.92 Å². The number of Topliss-reactive ketones (excluding diaryl/α,β-unsaturated/α-hetero) is 1. The van der Waals surface area contributed by atoms with Gasteiger partial charge in [0.1, 0.15) is 5.69 Å². The van der Waals surface area contributed by atoms with E-state index in [1.807, 2.05) is 25.1 Å². The molecule has 4 heteroatoms. The van der Waals surface area contributed by atoms with Crippen molar-refractivity contribution < 1.29 is 4.79 Å². The van der Waals surface area contributed by atoms with Gasteiger partial charge in [-0.15, -0.1) is 0 Å². The molecule has 4 nitrogen and oxygen atoms in total. The van der Waals surface area contributed by atoms with Crippen molar-refractivity contribution in [3.05, 3.63) is 29.5 Å². The average Bonchev–Trinajstić information content (AvgIpc) is 2.60. The fourth-order valence-electron chi connectivity index (χ4n) is 1.59. The fourth-order valence-corrected chi connectivity index (χ4v) is 1.59. The molecule has 0 fully saturated rings. The first kappa shape index (κ1) is 9.86. The van der Waals surface area contributed by atoms with Crippen LogP contribution in [0.3, 0.4) is 0 Å². The van der Waals surface area contributed by atoms with Gasteiger partial charge in [-0.2, -0.15) is 5.10 Å². The lowest BCUT2D eigenvalue weighted by atomic mass is 10.1. The maximum Gasteiger partial charge on any atom is 0.184 e. The molecule has 0 spiro atoms. The van der Waals surface area contributed by atoms with Crippen molar-refractivity contribution in [1.29, 1.82) is 0 Å². The van der Waals surface area contributed by atoms with Crippen LogP contribution >= 0.6 is 0 Å². The number of nitrogens with zero attached hydrogens (tertiary/aromatic N) is 1. The van der Waals surface area contributed by atoms with Crippen molar-refractivity contribution in [3.8, 4) is 0 Å². The topological polar surface area (TPSA) is 71.8 Å². The number of aryl methyl sites for hydroxylation is 1. The summed E-state index contributed by atoms with van der Waals surface area (Å²) in [4.78, 5) is 11.7. The first-order valence-electron chi connectivity index (χ1n) is 4.90. The van der Waals surface area contributed by atoms with E-state index >= 15 is 0 Å². The molecule has 1 aromatic carbocycles. The Morgan fingerprint density at radius 2 is 2.33 bits per heavy atom. The Balaban J connectivity index is 2.52. The van der Waals surface area contributed by atoms with Crippen LogP contribution in [0.2, 0.25) is 0 Å². The van der Waals surface area contributed by atoms with Gasteiger partial charge >= 0.3 is 0 Å². The van der Waals surface area contributed by atoms with Crippen LogP contribution in [0.1, 0.15) is 22.5 Å². The Morgan fingerprint density at radius 3 is 3.07 bits per heavy atom. The Hall–Kier alpha value is -1.68. The van der Waals surface area contributed by atoms with Crippen LogP contribution in [0.15, 0.2) is 18.2 Å². The molecule has 2 rings (SSSR count). The summed E-state index contributed by atoms with van der Waals surface area (Å²) in [5, 5.41) is 7.75. The molecule has 0 radical (unpaired) electrons. The second-order valence-electron chi connectivity index (χ2n) is 3.58. The second kappa shape index (κ2) is 3.82. The summed E-state index contributed by atoms with van der Waals surface area (Å²) in [6.45, 7) is 2.35. The van der Waals surface area contributed by atoms with Gasteiger partial charge in [-0.25, -0.2) is 0 Å². The standard InChI is InChI=1S/C11H13N3O/c1-7-2-3-9-8(6-7)11(14-13-9)10(15)4-5-12/h2-3,6H,4-5,12H2,1H3,(H,13,14). The number of aromatic nitrogens is 2. The first-order valence-corrected chi connectivity index (χ1v) is 4.90. The van der Waals surface area contributed by atoms with Gasteiger partial charge in [-0.1, -0.05) is 11.6 Å². The smallest absolute Gasteiger partial charge is 0.184 e. The number of hydrogen-bond acceptors (Lipinski definition) is 3. The zero-order valence-electron chi connectivity index (χ0n) is 8.58. The summed E-state index contributed by atoms with van der Waals surface area (Å²) in [6, 6.07) is 5.87. The van der Waals surface area contributed by atoms with Crippen molar-refractivity contribution in [2.24, 2.45) is 5.73 Å². The van der Waals surface area contributed by atoms with Gasteiger partial charge in [0.2, 0.25) is 0 Å². The van der Waals surface area contributed by atoms with Gasteiger partial charge in [0.05, 0.1) is 5.52 Å². The molecule has 3 N–H and O–H groups in total. The number of H-pyrrole nitrogens is 1. The average molecular weight is 203 g/mol. The Kier molecular flexibility index (Phi) is 2.51. The molecule has 0 unspecified atom stereocenters. The predicted molar refractivity (Wildman–Crippen MR) is 58.8 cm³/mol. The van der Waals surface area contributed by atoms with Gasteiger partial charge < -0.3 is 5.73 Å². The number of rotatable bonds is 3. The van der Waals surface area contributed by atoms with E-state index in [1.165, 1.54) is 0 Å². The van der Waals surface area contributed by atoms with E-state index in [9.17, 15) is 4.79 Å². The number of nitrogens with one attached hydrogen (secondary N) is 1. The zero-order valence-corrected chi connectivity index (χ0v) is 8.58. The summed E-state index contributed by atoms with van der Waals surface area (Å²) in [6.07, 6.45) is 0.341. The molecule has 1 aromatic heterocycles. The van der Waals surface area contributed by atoms with Crippen LogP contribution in [-0.2, 0) is 0 Å². The largest absolute Gasteiger partial charge is 0.330 e. The highest BCUT2D eigenvalue weighted by Gasteiger charge is 2.12. The minimum Gasteiger partial charge on any atom is -0.330 e. The van der Waals surface area contributed by atoms with Crippen molar-refractivity contribution >= 4 is 16.7 Å². The molecule has 78 valence electrons. The maximum absolute atomic E-state index is 11.7. The Bertz CT molecular complexity index is 502. The molecule has 0 aliphatic carbocycles. The van der Waals surface area contributed by atoms with Crippen molar-refractivity contribution in [1.82, 2.24) is 10.2 Å². The van der Waals surface area contributed by atoms with Gasteiger partial charge in [0.25, 0.3) is 0 Å². The number of ketones is 1. The molecule has 15 heavy (non-hydrogen) atoms. The molecule has 0 bridgehead atoms. The number of aromatic amines is 1. The third-order valence-corrected chi connectivity index (χ3v) is 2.35. The van der Waals surface area contributed by atoms with Crippen LogP contribution in [-0.4, -0.2) is 22.5 Å². The molecular formula is C11H13N3O. The number of fused-ring (bicyclic) bond motifs is 1. The Morgan fingerprint density at radius 1 is 1.53 bits per heavy atom. The van der Waals surface area contributed by atoms with Crippen molar-refractivity contribution in [2.75, 3.05) is 6.54 Å². The Labute approximate surface area is 87.5 Å². The summed E-state index contributed by atoms with van der Waals surface area (Å²) >= 11 is 0. The van der Waals surface area contributed by atoms with Crippen LogP contribution in [0.5, 0.6) is 0 Å². The highest BCUT2D eigenvalue weighted by Crippen LogP contribution is 2.18. The third-order valence-electron chi connectivity index (χ3n) is 2.35. The van der Waals surface area contributed by atoms with Crippen molar-refractivity contribution in [3.63, 3.8) is 0 Å². The lowest BCUT2D eigenvalue weighted by Crippen LogP contribution is -2.08. The van der Waals surface area contributed by atoms with E-state index < -0.39 is 0 Å². The fraction of sp³-hybridized carbons (Fsp3) is 0.273. The third kappa shape index (κ3) is 1.76. The molecule has 0 aliphatic heterocycles. The molecule has 0 atom stereocenters. The molecule has 2 aromatic rings. The molecule has 0 aliphatic rings. The predicted octanol–water partition coefficient (Wildman–Crippen LogP) is 1.40. The second-order valence-corrected chi connectivity index (χ2v) is 3.58. The minimum atomic E-state index is -0.00523. The number of carbonyl (C=O) groups excluding carboxylic acids is 1. The minimum absolute atomic E-state index is 0.00523. The molecule has 0 amide bonds. The highest BCUT2D eigenvalue weighted by atomic mass is 16.1. The summed E-state index contributed by atoms with van der Waals surface area (Å²) in [5.74, 6) is -0.00523. The highest BCUT2D eigenvalue weighted by molar-refractivity contribution is 6.06. The van der Waals surface area contributed by atoms with E-state index in [0.29, 0.717) is 18.7 Å². The van der Waals surface area contributed by atoms with Crippen LogP contribution < -0.4 is 5.73 Å². The van der Waals surface area contributed by atoms with Crippen LogP contribution in [0.25, 0.3) is 10.9 Å². The van der Waals surface area contributed by atoms with Gasteiger partial charge in [-0.3, -0.25) is 9.89 Å². The quantitative estimate of drug-likeness (QED) is 0.741. The summed E-state index contributed by atoms with van der Waals surface area (Å²) in [5.41, 5.74) is 7.86. The van der Waals surface area contributed by atoms with E-state index in [1.54, 1.807) is 0 Å².